The third-order valence-electron chi connectivity index (χ3n) is 7.85. The van der Waals surface area contributed by atoms with E-state index in [1.165, 1.54) is 0 Å². The standard InChI is InChI=1S/C28H36N4O4/c1-30-13-15-31(16-14-30)11-6-10-29-27(33)25-20-7-4-5-8-21(20)28(34)32-12-9-19-17-23(35-2)24(36-3)18-22(19)26(25)32/h4-5,7-8,17-18,25-26H,6,9-16H2,1-3H3,(H,29,33)/t25-,26+/m0/s1. The van der Waals surface area contributed by atoms with Gasteiger partial charge in [0.2, 0.25) is 5.91 Å². The molecule has 0 bridgehead atoms. The normalized spacial score (nSPS) is 21.9. The Bertz CT molecular complexity index is 1130. The summed E-state index contributed by atoms with van der Waals surface area (Å²) in [6, 6.07) is 11.1. The molecule has 0 aromatic heterocycles. The van der Waals surface area contributed by atoms with Gasteiger partial charge in [0.25, 0.3) is 5.91 Å². The molecule has 192 valence electrons. The van der Waals surface area contributed by atoms with Crippen LogP contribution in [0.2, 0.25) is 0 Å². The fourth-order valence-electron chi connectivity index (χ4n) is 5.83. The van der Waals surface area contributed by atoms with Gasteiger partial charge in [0.1, 0.15) is 0 Å². The molecule has 1 fully saturated rings. The van der Waals surface area contributed by atoms with Crippen molar-refractivity contribution in [2.75, 3.05) is 67.1 Å². The highest BCUT2D eigenvalue weighted by Gasteiger charge is 2.46. The van der Waals surface area contributed by atoms with E-state index in [-0.39, 0.29) is 17.9 Å². The van der Waals surface area contributed by atoms with E-state index in [0.29, 0.717) is 36.6 Å². The molecule has 2 amide bonds. The molecular weight excluding hydrogens is 456 g/mol. The van der Waals surface area contributed by atoms with Gasteiger partial charge in [-0.05, 0) is 61.3 Å². The van der Waals surface area contributed by atoms with E-state index in [0.717, 1.165) is 55.8 Å². The Morgan fingerprint density at radius 2 is 1.72 bits per heavy atom. The molecule has 0 aliphatic carbocycles. The molecule has 0 radical (unpaired) electrons. The largest absolute Gasteiger partial charge is 0.493 e. The number of likely N-dealkylation sites (N-methyl/N-ethyl adjacent to an activating group) is 1. The summed E-state index contributed by atoms with van der Waals surface area (Å²) < 4.78 is 11.1. The number of nitrogens with one attached hydrogen (secondary N) is 1. The molecule has 2 aromatic carbocycles. The zero-order valence-corrected chi connectivity index (χ0v) is 21.5. The average Bonchev–Trinajstić information content (AvgIpc) is 2.91. The summed E-state index contributed by atoms with van der Waals surface area (Å²) in [5, 5.41) is 3.20. The third kappa shape index (κ3) is 4.55. The molecule has 3 aliphatic rings. The smallest absolute Gasteiger partial charge is 0.254 e. The van der Waals surface area contributed by atoms with Gasteiger partial charge in [0.15, 0.2) is 11.5 Å². The summed E-state index contributed by atoms with van der Waals surface area (Å²) in [5.41, 5.74) is 3.46. The van der Waals surface area contributed by atoms with Crippen LogP contribution in [-0.4, -0.2) is 93.6 Å². The van der Waals surface area contributed by atoms with Crippen LogP contribution in [0.5, 0.6) is 11.5 Å². The Hall–Kier alpha value is -3.10. The first-order valence-corrected chi connectivity index (χ1v) is 12.8. The molecule has 3 aliphatic heterocycles. The number of hydrogen-bond acceptors (Lipinski definition) is 6. The second kappa shape index (κ2) is 10.5. The van der Waals surface area contributed by atoms with Crippen LogP contribution >= 0.6 is 0 Å². The molecule has 8 nitrogen and oxygen atoms in total. The second-order valence-electron chi connectivity index (χ2n) is 9.95. The van der Waals surface area contributed by atoms with E-state index in [4.69, 9.17) is 9.47 Å². The molecule has 2 aromatic rings. The van der Waals surface area contributed by atoms with Gasteiger partial charge in [-0.3, -0.25) is 9.59 Å². The molecule has 5 rings (SSSR count). The summed E-state index contributed by atoms with van der Waals surface area (Å²) in [5.74, 6) is 0.730. The predicted molar refractivity (Wildman–Crippen MR) is 138 cm³/mol. The number of hydrogen-bond donors (Lipinski definition) is 1. The monoisotopic (exact) mass is 492 g/mol. The number of benzene rings is 2. The lowest BCUT2D eigenvalue weighted by Crippen LogP contribution is -2.50. The van der Waals surface area contributed by atoms with Crippen molar-refractivity contribution in [1.82, 2.24) is 20.0 Å². The fraction of sp³-hybridized carbons (Fsp3) is 0.500. The Labute approximate surface area is 213 Å². The molecule has 0 saturated carbocycles. The number of nitrogens with zero attached hydrogens (tertiary/aromatic N) is 3. The number of amides is 2. The van der Waals surface area contributed by atoms with Crippen molar-refractivity contribution < 1.29 is 19.1 Å². The third-order valence-corrected chi connectivity index (χ3v) is 7.85. The van der Waals surface area contributed by atoms with Gasteiger partial charge >= 0.3 is 0 Å². The molecule has 36 heavy (non-hydrogen) atoms. The molecular formula is C28H36N4O4. The lowest BCUT2D eigenvalue weighted by atomic mass is 9.75. The van der Waals surface area contributed by atoms with Crippen LogP contribution in [0.1, 0.15) is 45.4 Å². The van der Waals surface area contributed by atoms with Gasteiger partial charge in [-0.2, -0.15) is 0 Å². The molecule has 0 spiro atoms. The predicted octanol–water partition coefficient (Wildman–Crippen LogP) is 2.29. The second-order valence-corrected chi connectivity index (χ2v) is 9.95. The summed E-state index contributed by atoms with van der Waals surface area (Å²) in [4.78, 5) is 33.9. The summed E-state index contributed by atoms with van der Waals surface area (Å²) in [7, 11) is 5.39. The molecule has 1 saturated heterocycles. The molecule has 3 heterocycles. The number of methoxy groups -OCH3 is 2. The SMILES string of the molecule is COc1cc2c(cc1OC)[C@@H]1[C@@H](C(=O)NCCCN3CCN(C)CC3)c3ccccc3C(=O)N1CC2. The number of carbonyl (C=O) groups is 2. The van der Waals surface area contributed by atoms with Crippen LogP contribution in [0.15, 0.2) is 36.4 Å². The number of carbonyl (C=O) groups excluding carboxylic acids is 2. The van der Waals surface area contributed by atoms with E-state index in [1.54, 1.807) is 14.2 Å². The van der Waals surface area contributed by atoms with Crippen molar-refractivity contribution in [1.29, 1.82) is 0 Å². The maximum Gasteiger partial charge on any atom is 0.254 e. The molecule has 2 atom stereocenters. The number of fused-ring (bicyclic) bond motifs is 4. The van der Waals surface area contributed by atoms with Crippen molar-refractivity contribution >= 4 is 11.8 Å². The van der Waals surface area contributed by atoms with Gasteiger partial charge in [-0.25, -0.2) is 0 Å². The van der Waals surface area contributed by atoms with Crippen LogP contribution in [0.3, 0.4) is 0 Å². The van der Waals surface area contributed by atoms with Crippen LogP contribution in [0, 0.1) is 0 Å². The first-order chi connectivity index (χ1) is 17.5. The lowest BCUT2D eigenvalue weighted by Gasteiger charge is -2.45. The maximum absolute atomic E-state index is 13.8. The number of piperazine rings is 1. The van der Waals surface area contributed by atoms with E-state index in [2.05, 4.69) is 22.2 Å². The quantitative estimate of drug-likeness (QED) is 0.598. The molecule has 1 N–H and O–H groups in total. The Morgan fingerprint density at radius 3 is 2.47 bits per heavy atom. The first-order valence-electron chi connectivity index (χ1n) is 12.8. The van der Waals surface area contributed by atoms with Gasteiger partial charge in [-0.1, -0.05) is 18.2 Å². The van der Waals surface area contributed by atoms with Gasteiger partial charge in [0, 0.05) is 44.8 Å². The van der Waals surface area contributed by atoms with Crippen LogP contribution < -0.4 is 14.8 Å². The van der Waals surface area contributed by atoms with E-state index in [9.17, 15) is 9.59 Å². The summed E-state index contributed by atoms with van der Waals surface area (Å²) in [6.07, 6.45) is 1.61. The van der Waals surface area contributed by atoms with Gasteiger partial charge < -0.3 is 29.5 Å². The minimum Gasteiger partial charge on any atom is -0.493 e. The van der Waals surface area contributed by atoms with E-state index >= 15 is 0 Å². The highest BCUT2D eigenvalue weighted by Crippen LogP contribution is 2.48. The number of ether oxygens (including phenoxy) is 2. The Morgan fingerprint density at radius 1 is 1.00 bits per heavy atom. The minimum atomic E-state index is -0.486. The first kappa shape index (κ1) is 24.6. The minimum absolute atomic E-state index is 0.0184. The lowest BCUT2D eigenvalue weighted by molar-refractivity contribution is -0.124. The maximum atomic E-state index is 13.8. The van der Waals surface area contributed by atoms with Crippen LogP contribution in [0.25, 0.3) is 0 Å². The summed E-state index contributed by atoms with van der Waals surface area (Å²) in [6.45, 7) is 6.47. The van der Waals surface area contributed by atoms with E-state index < -0.39 is 5.92 Å². The highest BCUT2D eigenvalue weighted by atomic mass is 16.5. The zero-order chi connectivity index (χ0) is 25.2. The average molecular weight is 493 g/mol. The van der Waals surface area contributed by atoms with Gasteiger partial charge in [-0.15, -0.1) is 0 Å². The van der Waals surface area contributed by atoms with Gasteiger partial charge in [0.05, 0.1) is 26.2 Å². The molecule has 8 heteroatoms. The molecule has 0 unspecified atom stereocenters. The summed E-state index contributed by atoms with van der Waals surface area (Å²) >= 11 is 0. The number of rotatable bonds is 7. The van der Waals surface area contributed by atoms with Crippen LogP contribution in [0.4, 0.5) is 0 Å². The fourth-order valence-corrected chi connectivity index (χ4v) is 5.83. The van der Waals surface area contributed by atoms with Crippen molar-refractivity contribution in [3.8, 4) is 11.5 Å². The van der Waals surface area contributed by atoms with Crippen LogP contribution in [-0.2, 0) is 11.2 Å². The van der Waals surface area contributed by atoms with E-state index in [1.807, 2.05) is 41.3 Å². The van der Waals surface area contributed by atoms with Crippen molar-refractivity contribution in [3.05, 3.63) is 58.7 Å². The van der Waals surface area contributed by atoms with Crippen molar-refractivity contribution in [3.63, 3.8) is 0 Å². The highest BCUT2D eigenvalue weighted by molar-refractivity contribution is 6.01. The Balaban J connectivity index is 1.40. The van der Waals surface area contributed by atoms with Crippen molar-refractivity contribution in [2.24, 2.45) is 0 Å². The van der Waals surface area contributed by atoms with Crippen molar-refractivity contribution in [2.45, 2.75) is 24.8 Å². The topological polar surface area (TPSA) is 74.4 Å². The Kier molecular flexibility index (Phi) is 7.16. The zero-order valence-electron chi connectivity index (χ0n) is 21.5.